The number of benzene rings is 2. The van der Waals surface area contributed by atoms with Gasteiger partial charge in [-0.15, -0.1) is 23.1 Å². The molecule has 2 aromatic carbocycles. The van der Waals surface area contributed by atoms with Crippen LogP contribution >= 0.6 is 34.7 Å². The van der Waals surface area contributed by atoms with Crippen molar-refractivity contribution in [3.05, 3.63) is 64.5 Å². The second-order valence-corrected chi connectivity index (χ2v) is 7.54. The quantitative estimate of drug-likeness (QED) is 0.599. The molecule has 0 saturated heterocycles. The van der Waals surface area contributed by atoms with Crippen molar-refractivity contribution in [3.63, 3.8) is 0 Å². The first-order valence-corrected chi connectivity index (χ1v) is 9.55. The van der Waals surface area contributed by atoms with Crippen molar-refractivity contribution in [1.82, 2.24) is 4.98 Å². The number of hydrogen-bond acceptors (Lipinski definition) is 4. The molecule has 0 aliphatic heterocycles. The zero-order valence-electron chi connectivity index (χ0n) is 13.0. The molecule has 24 heavy (non-hydrogen) atoms. The van der Waals surface area contributed by atoms with Crippen LogP contribution in [-0.4, -0.2) is 16.6 Å². The normalized spacial score (nSPS) is 10.6. The molecule has 0 saturated carbocycles. The fourth-order valence-electron chi connectivity index (χ4n) is 2.09. The molecule has 0 spiro atoms. The van der Waals surface area contributed by atoms with Gasteiger partial charge in [-0.05, 0) is 31.2 Å². The monoisotopic (exact) mass is 374 g/mol. The molecule has 122 valence electrons. The third kappa shape index (κ3) is 4.60. The van der Waals surface area contributed by atoms with E-state index in [1.165, 1.54) is 28.7 Å². The standard InChI is InChI=1S/C18H15ClN2OS2/c1-12-3-2-4-15(9-12)23-11-17(22)21-18-20-16(10-24-18)13-5-7-14(19)8-6-13/h2-10H,11H2,1H3,(H,20,21,22). The summed E-state index contributed by atoms with van der Waals surface area (Å²) in [5.41, 5.74) is 3.00. The van der Waals surface area contributed by atoms with Gasteiger partial charge in [0.05, 0.1) is 11.4 Å². The largest absolute Gasteiger partial charge is 0.301 e. The number of carbonyl (C=O) groups is 1. The number of aromatic nitrogens is 1. The molecule has 6 heteroatoms. The average molecular weight is 375 g/mol. The number of thiazole rings is 1. The molecule has 0 aliphatic carbocycles. The Morgan fingerprint density at radius 1 is 1.25 bits per heavy atom. The molecule has 1 aromatic heterocycles. The first kappa shape index (κ1) is 17.0. The Morgan fingerprint density at radius 3 is 2.79 bits per heavy atom. The first-order valence-electron chi connectivity index (χ1n) is 7.31. The Hall–Kier alpha value is -1.82. The zero-order valence-corrected chi connectivity index (χ0v) is 15.3. The fraction of sp³-hybridized carbons (Fsp3) is 0.111. The lowest BCUT2D eigenvalue weighted by Crippen LogP contribution is -2.13. The lowest BCUT2D eigenvalue weighted by Gasteiger charge is -2.03. The van der Waals surface area contributed by atoms with Gasteiger partial charge in [-0.3, -0.25) is 4.79 Å². The molecule has 1 amide bonds. The maximum atomic E-state index is 12.1. The van der Waals surface area contributed by atoms with Gasteiger partial charge in [-0.25, -0.2) is 4.98 Å². The minimum atomic E-state index is -0.0569. The summed E-state index contributed by atoms with van der Waals surface area (Å²) in [6.07, 6.45) is 0. The van der Waals surface area contributed by atoms with Crippen LogP contribution in [0.1, 0.15) is 5.56 Å². The summed E-state index contributed by atoms with van der Waals surface area (Å²) in [5, 5.41) is 6.07. The predicted molar refractivity (Wildman–Crippen MR) is 103 cm³/mol. The van der Waals surface area contributed by atoms with E-state index in [2.05, 4.69) is 16.4 Å². The Balaban J connectivity index is 1.58. The maximum absolute atomic E-state index is 12.1. The molecular formula is C18H15ClN2OS2. The molecule has 0 aliphatic rings. The fourth-order valence-corrected chi connectivity index (χ4v) is 3.77. The minimum absolute atomic E-state index is 0.0569. The third-order valence-corrected chi connectivity index (χ3v) is 5.25. The van der Waals surface area contributed by atoms with Crippen LogP contribution in [0.25, 0.3) is 11.3 Å². The van der Waals surface area contributed by atoms with Crippen molar-refractivity contribution in [3.8, 4) is 11.3 Å². The summed E-state index contributed by atoms with van der Waals surface area (Å²) in [7, 11) is 0. The van der Waals surface area contributed by atoms with Crippen LogP contribution in [0.3, 0.4) is 0 Å². The molecule has 1 N–H and O–H groups in total. The van der Waals surface area contributed by atoms with Crippen molar-refractivity contribution in [2.75, 3.05) is 11.1 Å². The summed E-state index contributed by atoms with van der Waals surface area (Å²) in [4.78, 5) is 17.6. The van der Waals surface area contributed by atoms with Crippen LogP contribution in [-0.2, 0) is 4.79 Å². The van der Waals surface area contributed by atoms with Gasteiger partial charge in [-0.1, -0.05) is 41.4 Å². The number of anilines is 1. The summed E-state index contributed by atoms with van der Waals surface area (Å²) < 4.78 is 0. The van der Waals surface area contributed by atoms with Crippen molar-refractivity contribution in [1.29, 1.82) is 0 Å². The highest BCUT2D eigenvalue weighted by atomic mass is 35.5. The summed E-state index contributed by atoms with van der Waals surface area (Å²) in [6, 6.07) is 15.6. The van der Waals surface area contributed by atoms with E-state index < -0.39 is 0 Å². The lowest BCUT2D eigenvalue weighted by molar-refractivity contribution is -0.113. The minimum Gasteiger partial charge on any atom is -0.301 e. The van der Waals surface area contributed by atoms with Gasteiger partial charge in [0.15, 0.2) is 5.13 Å². The highest BCUT2D eigenvalue weighted by molar-refractivity contribution is 8.00. The second-order valence-electron chi connectivity index (χ2n) is 5.20. The summed E-state index contributed by atoms with van der Waals surface area (Å²) in [5.74, 6) is 0.303. The van der Waals surface area contributed by atoms with Gasteiger partial charge in [0.1, 0.15) is 0 Å². The van der Waals surface area contributed by atoms with Gasteiger partial charge >= 0.3 is 0 Å². The van der Waals surface area contributed by atoms with Gasteiger partial charge in [0.25, 0.3) is 0 Å². The number of nitrogens with zero attached hydrogens (tertiary/aromatic N) is 1. The lowest BCUT2D eigenvalue weighted by atomic mass is 10.2. The van der Waals surface area contributed by atoms with Crippen LogP contribution in [0.5, 0.6) is 0 Å². The molecule has 0 unspecified atom stereocenters. The predicted octanol–water partition coefficient (Wildman–Crippen LogP) is 5.50. The zero-order chi connectivity index (χ0) is 16.9. The number of thioether (sulfide) groups is 1. The van der Waals surface area contributed by atoms with Crippen molar-refractivity contribution < 1.29 is 4.79 Å². The Labute approximate surface area is 154 Å². The van der Waals surface area contributed by atoms with Crippen molar-refractivity contribution >= 4 is 45.7 Å². The Morgan fingerprint density at radius 2 is 2.04 bits per heavy atom. The van der Waals surface area contributed by atoms with E-state index in [-0.39, 0.29) is 5.91 Å². The summed E-state index contributed by atoms with van der Waals surface area (Å²) >= 11 is 8.82. The number of rotatable bonds is 5. The molecule has 0 fully saturated rings. The number of halogens is 1. The second kappa shape index (κ2) is 7.83. The number of carbonyl (C=O) groups excluding carboxylic acids is 1. The molecule has 3 rings (SSSR count). The van der Waals surface area contributed by atoms with Crippen LogP contribution in [0.2, 0.25) is 5.02 Å². The third-order valence-electron chi connectivity index (χ3n) is 3.25. The molecule has 3 nitrogen and oxygen atoms in total. The number of amides is 1. The van der Waals surface area contributed by atoms with Gasteiger partial charge < -0.3 is 5.32 Å². The Kier molecular flexibility index (Phi) is 5.56. The van der Waals surface area contributed by atoms with E-state index >= 15 is 0 Å². The van der Waals surface area contributed by atoms with Gasteiger partial charge in [-0.2, -0.15) is 0 Å². The first-order chi connectivity index (χ1) is 11.6. The van der Waals surface area contributed by atoms with Crippen molar-refractivity contribution in [2.45, 2.75) is 11.8 Å². The van der Waals surface area contributed by atoms with Gasteiger partial charge in [0.2, 0.25) is 5.91 Å². The SMILES string of the molecule is Cc1cccc(SCC(=O)Nc2nc(-c3ccc(Cl)cc3)cs2)c1. The molecule has 3 aromatic rings. The van der Waals surface area contributed by atoms with Crippen molar-refractivity contribution in [2.24, 2.45) is 0 Å². The van der Waals surface area contributed by atoms with Crippen LogP contribution in [0, 0.1) is 6.92 Å². The van der Waals surface area contributed by atoms with Crippen LogP contribution in [0.15, 0.2) is 58.8 Å². The van der Waals surface area contributed by atoms with Crippen LogP contribution in [0.4, 0.5) is 5.13 Å². The highest BCUT2D eigenvalue weighted by Crippen LogP contribution is 2.26. The van der Waals surface area contributed by atoms with E-state index in [1.54, 1.807) is 0 Å². The highest BCUT2D eigenvalue weighted by Gasteiger charge is 2.09. The molecule has 0 atom stereocenters. The molecular weight excluding hydrogens is 360 g/mol. The number of hydrogen-bond donors (Lipinski definition) is 1. The molecule has 0 radical (unpaired) electrons. The van der Waals surface area contributed by atoms with E-state index in [9.17, 15) is 4.79 Å². The number of nitrogens with one attached hydrogen (secondary N) is 1. The smallest absolute Gasteiger partial charge is 0.236 e. The van der Waals surface area contributed by atoms with E-state index in [0.29, 0.717) is 15.9 Å². The molecule has 1 heterocycles. The van der Waals surface area contributed by atoms with Gasteiger partial charge in [0, 0.05) is 20.9 Å². The maximum Gasteiger partial charge on any atom is 0.236 e. The van der Waals surface area contributed by atoms with E-state index in [1.807, 2.05) is 54.8 Å². The molecule has 0 bridgehead atoms. The number of aryl methyl sites for hydroxylation is 1. The van der Waals surface area contributed by atoms with Crippen LogP contribution < -0.4 is 5.32 Å². The average Bonchev–Trinajstić information content (AvgIpc) is 3.02. The summed E-state index contributed by atoms with van der Waals surface area (Å²) in [6.45, 7) is 2.04. The van der Waals surface area contributed by atoms with E-state index in [4.69, 9.17) is 11.6 Å². The Bertz CT molecular complexity index is 846. The topological polar surface area (TPSA) is 42.0 Å². The van der Waals surface area contributed by atoms with E-state index in [0.717, 1.165) is 16.2 Å².